The van der Waals surface area contributed by atoms with Gasteiger partial charge >= 0.3 is 0 Å². The Bertz CT molecular complexity index is 868. The van der Waals surface area contributed by atoms with Gasteiger partial charge in [-0.1, -0.05) is 72.9 Å². The summed E-state index contributed by atoms with van der Waals surface area (Å²) in [5.74, 6) is -0.409. The number of nitrogens with zero attached hydrogens (tertiary/aromatic N) is 1. The minimum atomic E-state index is -0.652. The maximum Gasteiger partial charge on any atom is 0.243 e. The summed E-state index contributed by atoms with van der Waals surface area (Å²) in [5.41, 5.74) is 1.32. The highest BCUT2D eigenvalue weighted by atomic mass is 35.5. The molecule has 1 N–H and O–H groups in total. The Labute approximate surface area is 193 Å². The number of amides is 2. The molecule has 0 heterocycles. The van der Waals surface area contributed by atoms with Crippen LogP contribution in [0.2, 0.25) is 15.1 Å². The van der Waals surface area contributed by atoms with Crippen molar-refractivity contribution in [2.75, 3.05) is 0 Å². The van der Waals surface area contributed by atoms with Crippen molar-refractivity contribution in [3.63, 3.8) is 0 Å². The van der Waals surface area contributed by atoms with Gasteiger partial charge in [0.2, 0.25) is 11.8 Å². The number of rotatable bonds is 9. The number of benzene rings is 2. The van der Waals surface area contributed by atoms with Crippen LogP contribution >= 0.6 is 34.8 Å². The van der Waals surface area contributed by atoms with E-state index >= 15 is 0 Å². The molecule has 0 aliphatic heterocycles. The second-order valence-electron chi connectivity index (χ2n) is 7.23. The van der Waals surface area contributed by atoms with Crippen molar-refractivity contribution in [2.24, 2.45) is 0 Å². The zero-order chi connectivity index (χ0) is 22.3. The van der Waals surface area contributed by atoms with E-state index in [2.05, 4.69) is 5.32 Å². The molecular formula is C23H27Cl3N2O2. The second-order valence-corrected chi connectivity index (χ2v) is 8.45. The molecule has 2 aromatic rings. The lowest BCUT2D eigenvalue weighted by molar-refractivity contribution is -0.141. The summed E-state index contributed by atoms with van der Waals surface area (Å²) in [4.78, 5) is 27.9. The van der Waals surface area contributed by atoms with Crippen molar-refractivity contribution in [3.05, 3.63) is 68.7 Å². The highest BCUT2D eigenvalue weighted by Crippen LogP contribution is 2.27. The summed E-state index contributed by atoms with van der Waals surface area (Å²) in [6.45, 7) is 5.94. The van der Waals surface area contributed by atoms with E-state index in [4.69, 9.17) is 34.8 Å². The smallest absolute Gasteiger partial charge is 0.243 e. The Hall–Kier alpha value is -1.75. The molecule has 2 rings (SSSR count). The SMILES string of the molecule is CC[C@H](C)NC(=O)[C@H](CC)N(Cc1c(Cl)cccc1Cl)C(=O)Cc1ccccc1Cl. The second kappa shape index (κ2) is 11.6. The topological polar surface area (TPSA) is 49.4 Å². The maximum absolute atomic E-state index is 13.4. The van der Waals surface area contributed by atoms with E-state index in [1.807, 2.05) is 32.9 Å². The summed E-state index contributed by atoms with van der Waals surface area (Å²) in [6, 6.07) is 11.7. The molecule has 7 heteroatoms. The van der Waals surface area contributed by atoms with Crippen molar-refractivity contribution in [3.8, 4) is 0 Å². The fourth-order valence-corrected chi connectivity index (χ4v) is 3.84. The molecule has 162 valence electrons. The fourth-order valence-electron chi connectivity index (χ4n) is 3.12. The van der Waals surface area contributed by atoms with Gasteiger partial charge in [0.1, 0.15) is 6.04 Å². The molecule has 2 aromatic carbocycles. The quantitative estimate of drug-likeness (QED) is 0.496. The predicted octanol–water partition coefficient (Wildman–Crippen LogP) is 5.91. The molecule has 0 aliphatic rings. The van der Waals surface area contributed by atoms with Crippen LogP contribution in [0.5, 0.6) is 0 Å². The van der Waals surface area contributed by atoms with Gasteiger partial charge in [0, 0.05) is 33.2 Å². The number of hydrogen-bond donors (Lipinski definition) is 1. The molecule has 4 nitrogen and oxygen atoms in total. The van der Waals surface area contributed by atoms with Gasteiger partial charge in [-0.3, -0.25) is 9.59 Å². The van der Waals surface area contributed by atoms with Gasteiger partial charge in [0.15, 0.2) is 0 Å². The molecule has 0 spiro atoms. The maximum atomic E-state index is 13.4. The lowest BCUT2D eigenvalue weighted by atomic mass is 10.1. The van der Waals surface area contributed by atoms with Crippen LogP contribution in [0, 0.1) is 0 Å². The number of carbonyl (C=O) groups is 2. The molecular weight excluding hydrogens is 443 g/mol. The van der Waals surface area contributed by atoms with Crippen LogP contribution in [0.1, 0.15) is 44.7 Å². The first-order chi connectivity index (χ1) is 14.3. The summed E-state index contributed by atoms with van der Waals surface area (Å²) in [7, 11) is 0. The molecule has 0 fully saturated rings. The first kappa shape index (κ1) is 24.5. The summed E-state index contributed by atoms with van der Waals surface area (Å²) in [6.07, 6.45) is 1.33. The van der Waals surface area contributed by atoms with Crippen LogP contribution < -0.4 is 5.32 Å². The molecule has 0 saturated heterocycles. The van der Waals surface area contributed by atoms with Crippen molar-refractivity contribution in [1.82, 2.24) is 10.2 Å². The molecule has 2 atom stereocenters. The summed E-state index contributed by atoms with van der Waals surface area (Å²) in [5, 5.41) is 4.40. The molecule has 0 saturated carbocycles. The number of carbonyl (C=O) groups excluding carboxylic acids is 2. The van der Waals surface area contributed by atoms with E-state index in [1.54, 1.807) is 35.2 Å². The lowest BCUT2D eigenvalue weighted by Crippen LogP contribution is -2.51. The van der Waals surface area contributed by atoms with E-state index in [-0.39, 0.29) is 30.8 Å². The van der Waals surface area contributed by atoms with Crippen molar-refractivity contribution in [2.45, 2.75) is 58.7 Å². The normalized spacial score (nSPS) is 12.9. The average molecular weight is 470 g/mol. The Morgan fingerprint density at radius 3 is 2.10 bits per heavy atom. The van der Waals surface area contributed by atoms with E-state index < -0.39 is 6.04 Å². The van der Waals surface area contributed by atoms with Crippen LogP contribution in [0.15, 0.2) is 42.5 Å². The molecule has 0 aromatic heterocycles. The Balaban J connectivity index is 2.38. The number of halogens is 3. The highest BCUT2D eigenvalue weighted by molar-refractivity contribution is 6.36. The van der Waals surface area contributed by atoms with Crippen molar-refractivity contribution < 1.29 is 9.59 Å². The molecule has 2 amide bonds. The zero-order valence-electron chi connectivity index (χ0n) is 17.4. The first-order valence-corrected chi connectivity index (χ1v) is 11.2. The van der Waals surface area contributed by atoms with Crippen LogP contribution in [0.3, 0.4) is 0 Å². The molecule has 30 heavy (non-hydrogen) atoms. The van der Waals surface area contributed by atoms with E-state index in [0.717, 1.165) is 6.42 Å². The molecule has 0 unspecified atom stereocenters. The minimum Gasteiger partial charge on any atom is -0.352 e. The van der Waals surface area contributed by atoms with E-state index in [0.29, 0.717) is 32.6 Å². The third-order valence-corrected chi connectivity index (χ3v) is 6.15. The Morgan fingerprint density at radius 2 is 1.53 bits per heavy atom. The van der Waals surface area contributed by atoms with Gasteiger partial charge < -0.3 is 10.2 Å². The van der Waals surface area contributed by atoms with Crippen molar-refractivity contribution >= 4 is 46.6 Å². The lowest BCUT2D eigenvalue weighted by Gasteiger charge is -2.32. The Kier molecular flexibility index (Phi) is 9.47. The zero-order valence-corrected chi connectivity index (χ0v) is 19.7. The van der Waals surface area contributed by atoms with Gasteiger partial charge in [-0.05, 0) is 43.5 Å². The van der Waals surface area contributed by atoms with Crippen LogP contribution in [-0.2, 0) is 22.6 Å². The van der Waals surface area contributed by atoms with E-state index in [9.17, 15) is 9.59 Å². The highest BCUT2D eigenvalue weighted by Gasteiger charge is 2.30. The minimum absolute atomic E-state index is 0.0102. The standard InChI is InChI=1S/C23H27Cl3N2O2/c1-4-15(3)27-23(30)21(5-2)28(14-17-19(25)11-8-12-20(17)26)22(29)13-16-9-6-7-10-18(16)24/h6-12,15,21H,4-5,13-14H2,1-3H3,(H,27,30)/t15-,21-/m0/s1. The van der Waals surface area contributed by atoms with Gasteiger partial charge in [-0.2, -0.15) is 0 Å². The van der Waals surface area contributed by atoms with Crippen LogP contribution in [0.4, 0.5) is 0 Å². The van der Waals surface area contributed by atoms with Crippen LogP contribution in [-0.4, -0.2) is 28.8 Å². The van der Waals surface area contributed by atoms with Gasteiger partial charge in [-0.15, -0.1) is 0 Å². The molecule has 0 bridgehead atoms. The van der Waals surface area contributed by atoms with Gasteiger partial charge in [0.25, 0.3) is 0 Å². The first-order valence-electron chi connectivity index (χ1n) is 10.0. The van der Waals surface area contributed by atoms with Gasteiger partial charge in [-0.25, -0.2) is 0 Å². The predicted molar refractivity (Wildman–Crippen MR) is 124 cm³/mol. The van der Waals surface area contributed by atoms with Gasteiger partial charge in [0.05, 0.1) is 6.42 Å². The number of nitrogens with one attached hydrogen (secondary N) is 1. The Morgan fingerprint density at radius 1 is 0.933 bits per heavy atom. The average Bonchev–Trinajstić information content (AvgIpc) is 2.71. The fraction of sp³-hybridized carbons (Fsp3) is 0.391. The van der Waals surface area contributed by atoms with Crippen LogP contribution in [0.25, 0.3) is 0 Å². The third kappa shape index (κ3) is 6.37. The summed E-state index contributed by atoms with van der Waals surface area (Å²) >= 11 is 19.0. The number of hydrogen-bond acceptors (Lipinski definition) is 2. The molecule has 0 radical (unpaired) electrons. The summed E-state index contributed by atoms with van der Waals surface area (Å²) < 4.78 is 0. The monoisotopic (exact) mass is 468 g/mol. The molecule has 0 aliphatic carbocycles. The van der Waals surface area contributed by atoms with E-state index in [1.165, 1.54) is 0 Å². The largest absolute Gasteiger partial charge is 0.352 e. The third-order valence-electron chi connectivity index (χ3n) is 5.08. The van der Waals surface area contributed by atoms with Crippen molar-refractivity contribution in [1.29, 1.82) is 0 Å².